The predicted molar refractivity (Wildman–Crippen MR) is 41.8 cm³/mol. The minimum Gasteiger partial charge on any atom is -0.381 e. The van der Waals surface area contributed by atoms with Crippen LogP contribution in [0.5, 0.6) is 0 Å². The number of rotatable bonds is 4. The summed E-state index contributed by atoms with van der Waals surface area (Å²) in [6.07, 6.45) is 5.04. The second kappa shape index (κ2) is 4.69. The van der Waals surface area contributed by atoms with E-state index in [-0.39, 0.29) is 0 Å². The second-order valence-corrected chi connectivity index (χ2v) is 3.01. The average Bonchev–Trinajstić information content (AvgIpc) is 2.41. The number of hydrogen-bond acceptors (Lipinski definition) is 2. The maximum Gasteiger partial charge on any atom is 0.0495 e. The molecular weight excluding hydrogens is 126 g/mol. The Balaban J connectivity index is 1.91. The Bertz CT molecular complexity index is 79.3. The molecule has 1 aliphatic rings. The van der Waals surface area contributed by atoms with Gasteiger partial charge in [0.25, 0.3) is 0 Å². The second-order valence-electron chi connectivity index (χ2n) is 3.01. The van der Waals surface area contributed by atoms with Gasteiger partial charge in [0.05, 0.1) is 0 Å². The highest BCUT2D eigenvalue weighted by molar-refractivity contribution is 4.63. The quantitative estimate of drug-likeness (QED) is 0.599. The monoisotopic (exact) mass is 143 g/mol. The van der Waals surface area contributed by atoms with Gasteiger partial charge in [-0.1, -0.05) is 6.42 Å². The molecule has 0 amide bonds. The zero-order valence-corrected chi connectivity index (χ0v) is 6.51. The minimum absolute atomic E-state index is 0.839. The summed E-state index contributed by atoms with van der Waals surface area (Å²) in [5.41, 5.74) is 5.38. The Labute approximate surface area is 62.7 Å². The summed E-state index contributed by atoms with van der Waals surface area (Å²) in [5, 5.41) is 0. The molecular formula is C8H17NO. The van der Waals surface area contributed by atoms with Gasteiger partial charge in [-0.15, -0.1) is 0 Å². The van der Waals surface area contributed by atoms with E-state index in [0.29, 0.717) is 0 Å². The van der Waals surface area contributed by atoms with Crippen LogP contribution in [0.3, 0.4) is 0 Å². The molecule has 0 spiro atoms. The molecule has 0 saturated carbocycles. The van der Waals surface area contributed by atoms with Crippen LogP contribution in [-0.4, -0.2) is 19.8 Å². The minimum atomic E-state index is 0.839. The highest BCUT2D eigenvalue weighted by atomic mass is 16.5. The van der Waals surface area contributed by atoms with Gasteiger partial charge in [0, 0.05) is 13.2 Å². The molecule has 1 rings (SSSR count). The Morgan fingerprint density at radius 3 is 2.90 bits per heavy atom. The summed E-state index contributed by atoms with van der Waals surface area (Å²) in [6, 6.07) is 0. The first-order valence-electron chi connectivity index (χ1n) is 4.21. The molecule has 2 N–H and O–H groups in total. The van der Waals surface area contributed by atoms with E-state index in [9.17, 15) is 0 Å². The Morgan fingerprint density at radius 1 is 1.40 bits per heavy atom. The van der Waals surface area contributed by atoms with Crippen LogP contribution in [0.2, 0.25) is 0 Å². The van der Waals surface area contributed by atoms with Crippen molar-refractivity contribution in [3.63, 3.8) is 0 Å². The summed E-state index contributed by atoms with van der Waals surface area (Å²) >= 11 is 0. The van der Waals surface area contributed by atoms with Gasteiger partial charge in [-0.3, -0.25) is 0 Å². The third-order valence-electron chi connectivity index (χ3n) is 2.09. The Morgan fingerprint density at radius 2 is 2.30 bits per heavy atom. The molecule has 1 unspecified atom stereocenters. The van der Waals surface area contributed by atoms with E-state index < -0.39 is 0 Å². The number of nitrogens with two attached hydrogens (primary N) is 1. The third kappa shape index (κ3) is 2.67. The van der Waals surface area contributed by atoms with Crippen LogP contribution in [0.1, 0.15) is 25.7 Å². The Kier molecular flexibility index (Phi) is 3.76. The first-order valence-corrected chi connectivity index (χ1v) is 4.21. The van der Waals surface area contributed by atoms with Crippen LogP contribution >= 0.6 is 0 Å². The molecule has 1 fully saturated rings. The fraction of sp³-hybridized carbons (Fsp3) is 1.00. The normalized spacial score (nSPS) is 25.5. The van der Waals surface area contributed by atoms with Gasteiger partial charge < -0.3 is 10.5 Å². The van der Waals surface area contributed by atoms with E-state index in [0.717, 1.165) is 25.7 Å². The van der Waals surface area contributed by atoms with Crippen molar-refractivity contribution in [3.05, 3.63) is 0 Å². The predicted octanol–water partition coefficient (Wildman–Crippen LogP) is 1.15. The third-order valence-corrected chi connectivity index (χ3v) is 2.09. The summed E-state index contributed by atoms with van der Waals surface area (Å²) in [4.78, 5) is 0. The topological polar surface area (TPSA) is 35.2 Å². The smallest absolute Gasteiger partial charge is 0.0495 e. The highest BCUT2D eigenvalue weighted by Gasteiger charge is 2.13. The fourth-order valence-corrected chi connectivity index (χ4v) is 1.39. The molecule has 0 aromatic rings. The SMILES string of the molecule is NCCCCC1CCOC1. The molecule has 1 heterocycles. The van der Waals surface area contributed by atoms with E-state index in [1.54, 1.807) is 0 Å². The first kappa shape index (κ1) is 8.02. The van der Waals surface area contributed by atoms with Crippen molar-refractivity contribution in [2.24, 2.45) is 11.7 Å². The van der Waals surface area contributed by atoms with Crippen LogP contribution in [0.4, 0.5) is 0 Å². The maximum atomic E-state index is 5.38. The van der Waals surface area contributed by atoms with Gasteiger partial charge in [0.2, 0.25) is 0 Å². The van der Waals surface area contributed by atoms with E-state index >= 15 is 0 Å². The van der Waals surface area contributed by atoms with Crippen molar-refractivity contribution in [3.8, 4) is 0 Å². The molecule has 60 valence electrons. The van der Waals surface area contributed by atoms with Gasteiger partial charge in [-0.25, -0.2) is 0 Å². The van der Waals surface area contributed by atoms with Crippen LogP contribution in [0, 0.1) is 5.92 Å². The van der Waals surface area contributed by atoms with Gasteiger partial charge in [0.15, 0.2) is 0 Å². The van der Waals surface area contributed by atoms with E-state index in [2.05, 4.69) is 0 Å². The number of unbranched alkanes of at least 4 members (excludes halogenated alkanes) is 1. The number of hydrogen-bond donors (Lipinski definition) is 1. The van der Waals surface area contributed by atoms with Crippen LogP contribution in [0.25, 0.3) is 0 Å². The molecule has 2 nitrogen and oxygen atoms in total. The summed E-state index contributed by atoms with van der Waals surface area (Å²) < 4.78 is 5.26. The van der Waals surface area contributed by atoms with Crippen molar-refractivity contribution in [1.82, 2.24) is 0 Å². The molecule has 0 aliphatic carbocycles. The molecule has 0 aromatic heterocycles. The van der Waals surface area contributed by atoms with Crippen molar-refractivity contribution < 1.29 is 4.74 Å². The van der Waals surface area contributed by atoms with Gasteiger partial charge in [-0.05, 0) is 31.7 Å². The summed E-state index contributed by atoms with van der Waals surface area (Å²) in [6.45, 7) is 2.81. The van der Waals surface area contributed by atoms with Crippen LogP contribution in [-0.2, 0) is 4.74 Å². The lowest BCUT2D eigenvalue weighted by molar-refractivity contribution is 0.183. The molecule has 2 heteroatoms. The van der Waals surface area contributed by atoms with Crippen molar-refractivity contribution >= 4 is 0 Å². The zero-order chi connectivity index (χ0) is 7.23. The Hall–Kier alpha value is -0.0800. The molecule has 1 atom stereocenters. The molecule has 1 aliphatic heterocycles. The summed E-state index contributed by atoms with van der Waals surface area (Å²) in [7, 11) is 0. The molecule has 0 bridgehead atoms. The molecule has 0 radical (unpaired) electrons. The number of ether oxygens (including phenoxy) is 1. The average molecular weight is 143 g/mol. The summed E-state index contributed by atoms with van der Waals surface area (Å²) in [5.74, 6) is 0.839. The van der Waals surface area contributed by atoms with E-state index in [4.69, 9.17) is 10.5 Å². The highest BCUT2D eigenvalue weighted by Crippen LogP contribution is 2.18. The van der Waals surface area contributed by atoms with Crippen LogP contribution in [0.15, 0.2) is 0 Å². The van der Waals surface area contributed by atoms with E-state index in [1.165, 1.54) is 25.7 Å². The van der Waals surface area contributed by atoms with Crippen molar-refractivity contribution in [2.45, 2.75) is 25.7 Å². The van der Waals surface area contributed by atoms with Crippen molar-refractivity contribution in [1.29, 1.82) is 0 Å². The maximum absolute atomic E-state index is 5.38. The largest absolute Gasteiger partial charge is 0.381 e. The molecule has 1 saturated heterocycles. The first-order chi connectivity index (χ1) is 4.93. The van der Waals surface area contributed by atoms with Crippen LogP contribution < -0.4 is 5.73 Å². The fourth-order valence-electron chi connectivity index (χ4n) is 1.39. The van der Waals surface area contributed by atoms with Crippen molar-refractivity contribution in [2.75, 3.05) is 19.8 Å². The lowest BCUT2D eigenvalue weighted by Crippen LogP contribution is -2.02. The zero-order valence-electron chi connectivity index (χ0n) is 6.51. The molecule has 0 aromatic carbocycles. The lowest BCUT2D eigenvalue weighted by atomic mass is 10.0. The standard InChI is InChI=1S/C8H17NO/c9-5-2-1-3-8-4-6-10-7-8/h8H,1-7,9H2. The van der Waals surface area contributed by atoms with Gasteiger partial charge >= 0.3 is 0 Å². The van der Waals surface area contributed by atoms with E-state index in [1.807, 2.05) is 0 Å². The van der Waals surface area contributed by atoms with Gasteiger partial charge in [-0.2, -0.15) is 0 Å². The lowest BCUT2D eigenvalue weighted by Gasteiger charge is -2.04. The molecule has 10 heavy (non-hydrogen) atoms. The van der Waals surface area contributed by atoms with Gasteiger partial charge in [0.1, 0.15) is 0 Å².